The second-order valence-electron chi connectivity index (χ2n) is 9.95. The number of anilines is 1. The molecule has 0 bridgehead atoms. The van der Waals surface area contributed by atoms with Crippen LogP contribution >= 0.6 is 0 Å². The summed E-state index contributed by atoms with van der Waals surface area (Å²) in [4.78, 5) is 24.9. The number of nitrogens with zero attached hydrogens (tertiary/aromatic N) is 3. The zero-order valence-corrected chi connectivity index (χ0v) is 20.6. The second kappa shape index (κ2) is 10.3. The van der Waals surface area contributed by atoms with Gasteiger partial charge in [0.25, 0.3) is 5.91 Å². The standard InChI is InChI=1S/C28H27F5N4O/c29-21-7-5-19(6-8-21)27(9-1-2-10-27)24-23(17-35-26(36-24)37-11-3-4-12-37)25(38)34-16-18-13-20(28(31,32)33)15-22(30)14-18/h5-8,13-15,17H,1-4,9-12,16H2,(H,34,38). The first-order valence-electron chi connectivity index (χ1n) is 12.7. The van der Waals surface area contributed by atoms with E-state index in [1.807, 2.05) is 0 Å². The topological polar surface area (TPSA) is 58.1 Å². The molecule has 1 amide bonds. The molecule has 3 aromatic rings. The van der Waals surface area contributed by atoms with Crippen molar-refractivity contribution in [1.82, 2.24) is 15.3 Å². The van der Waals surface area contributed by atoms with Crippen LogP contribution in [0.1, 0.15) is 71.3 Å². The summed E-state index contributed by atoms with van der Waals surface area (Å²) < 4.78 is 67.0. The molecule has 1 N–H and O–H groups in total. The van der Waals surface area contributed by atoms with Crippen LogP contribution in [0.25, 0.3) is 0 Å². The van der Waals surface area contributed by atoms with Crippen molar-refractivity contribution in [2.45, 2.75) is 56.7 Å². The smallest absolute Gasteiger partial charge is 0.348 e. The predicted molar refractivity (Wildman–Crippen MR) is 132 cm³/mol. The summed E-state index contributed by atoms with van der Waals surface area (Å²) in [6.45, 7) is 1.29. The van der Waals surface area contributed by atoms with Gasteiger partial charge in [-0.3, -0.25) is 4.79 Å². The van der Waals surface area contributed by atoms with Crippen molar-refractivity contribution in [3.8, 4) is 0 Å². The van der Waals surface area contributed by atoms with E-state index in [-0.39, 0.29) is 23.5 Å². The first kappa shape index (κ1) is 26.1. The Hall–Kier alpha value is -3.56. The fourth-order valence-electron chi connectivity index (χ4n) is 5.58. The summed E-state index contributed by atoms with van der Waals surface area (Å²) in [6.07, 6.45) is 1.96. The average molecular weight is 531 g/mol. The maximum Gasteiger partial charge on any atom is 0.416 e. The monoisotopic (exact) mass is 530 g/mol. The largest absolute Gasteiger partial charge is 0.416 e. The number of aromatic nitrogens is 2. The number of halogens is 5. The first-order valence-corrected chi connectivity index (χ1v) is 12.7. The molecule has 1 aromatic heterocycles. The summed E-state index contributed by atoms with van der Waals surface area (Å²) in [5.41, 5.74) is -0.215. The summed E-state index contributed by atoms with van der Waals surface area (Å²) in [5.74, 6) is -1.46. The van der Waals surface area contributed by atoms with Gasteiger partial charge in [0, 0.05) is 31.2 Å². The Morgan fingerprint density at radius 3 is 2.29 bits per heavy atom. The lowest BCUT2D eigenvalue weighted by Crippen LogP contribution is -2.33. The van der Waals surface area contributed by atoms with Crippen molar-refractivity contribution in [1.29, 1.82) is 0 Å². The SMILES string of the molecule is O=C(NCc1cc(F)cc(C(F)(F)F)c1)c1cnc(N2CCCC2)nc1C1(c2ccc(F)cc2)CCCC1. The van der Waals surface area contributed by atoms with E-state index in [0.29, 0.717) is 30.6 Å². The molecule has 0 atom stereocenters. The molecule has 0 unspecified atom stereocenters. The van der Waals surface area contributed by atoms with E-state index >= 15 is 0 Å². The van der Waals surface area contributed by atoms with Crippen LogP contribution in [0.5, 0.6) is 0 Å². The van der Waals surface area contributed by atoms with Gasteiger partial charge in [0.2, 0.25) is 5.95 Å². The lowest BCUT2D eigenvalue weighted by Gasteiger charge is -2.32. The molecular weight excluding hydrogens is 503 g/mol. The molecular formula is C28H27F5N4O. The first-order chi connectivity index (χ1) is 18.2. The van der Waals surface area contributed by atoms with Crippen LogP contribution in [0.15, 0.2) is 48.7 Å². The molecule has 0 radical (unpaired) electrons. The molecule has 1 saturated heterocycles. The van der Waals surface area contributed by atoms with Crippen molar-refractivity contribution in [3.63, 3.8) is 0 Å². The highest BCUT2D eigenvalue weighted by Crippen LogP contribution is 2.47. The second-order valence-corrected chi connectivity index (χ2v) is 9.95. The van der Waals surface area contributed by atoms with Crippen molar-refractivity contribution < 1.29 is 26.7 Å². The molecule has 10 heteroatoms. The zero-order valence-electron chi connectivity index (χ0n) is 20.6. The Kier molecular flexibility index (Phi) is 7.07. The van der Waals surface area contributed by atoms with Crippen molar-refractivity contribution in [2.75, 3.05) is 18.0 Å². The van der Waals surface area contributed by atoms with Gasteiger partial charge in [0.15, 0.2) is 0 Å². The highest BCUT2D eigenvalue weighted by molar-refractivity contribution is 5.95. The molecule has 1 aliphatic carbocycles. The number of amides is 1. The molecule has 5 nitrogen and oxygen atoms in total. The maximum atomic E-state index is 13.9. The Morgan fingerprint density at radius 2 is 1.63 bits per heavy atom. The van der Waals surface area contributed by atoms with Gasteiger partial charge in [-0.25, -0.2) is 18.7 Å². The van der Waals surface area contributed by atoms with E-state index < -0.39 is 28.9 Å². The lowest BCUT2D eigenvalue weighted by atomic mass is 9.74. The van der Waals surface area contributed by atoms with Crippen LogP contribution < -0.4 is 10.2 Å². The van der Waals surface area contributed by atoms with Crippen LogP contribution in [0, 0.1) is 11.6 Å². The minimum atomic E-state index is -4.71. The number of nitrogens with one attached hydrogen (secondary N) is 1. The summed E-state index contributed by atoms with van der Waals surface area (Å²) in [5, 5.41) is 2.63. The molecule has 2 heterocycles. The molecule has 1 aliphatic heterocycles. The Balaban J connectivity index is 1.51. The third-order valence-electron chi connectivity index (χ3n) is 7.45. The van der Waals surface area contributed by atoms with Gasteiger partial charge in [0.05, 0.1) is 16.8 Å². The maximum absolute atomic E-state index is 13.9. The third-order valence-corrected chi connectivity index (χ3v) is 7.45. The molecule has 0 spiro atoms. The number of carbonyl (C=O) groups is 1. The van der Waals surface area contributed by atoms with Gasteiger partial charge in [-0.15, -0.1) is 0 Å². The molecule has 5 rings (SSSR count). The van der Waals surface area contributed by atoms with Crippen LogP contribution in [0.4, 0.5) is 27.9 Å². The molecule has 200 valence electrons. The van der Waals surface area contributed by atoms with Gasteiger partial charge >= 0.3 is 6.18 Å². The van der Waals surface area contributed by atoms with Gasteiger partial charge in [-0.2, -0.15) is 13.2 Å². The fraction of sp³-hybridized carbons (Fsp3) is 0.393. The predicted octanol–water partition coefficient (Wildman–Crippen LogP) is 6.16. The van der Waals surface area contributed by atoms with E-state index in [1.54, 1.807) is 12.1 Å². The molecule has 38 heavy (non-hydrogen) atoms. The van der Waals surface area contributed by atoms with Crippen LogP contribution in [0.3, 0.4) is 0 Å². The normalized spacial score (nSPS) is 17.1. The third kappa shape index (κ3) is 5.21. The van der Waals surface area contributed by atoms with Crippen molar-refractivity contribution in [2.24, 2.45) is 0 Å². The number of rotatable bonds is 6. The number of carbonyl (C=O) groups excluding carboxylic acids is 1. The van der Waals surface area contributed by atoms with Crippen LogP contribution in [0.2, 0.25) is 0 Å². The number of hydrogen-bond acceptors (Lipinski definition) is 4. The van der Waals surface area contributed by atoms with Crippen LogP contribution in [-0.4, -0.2) is 29.0 Å². The Bertz CT molecular complexity index is 1310. The summed E-state index contributed by atoms with van der Waals surface area (Å²) >= 11 is 0. The van der Waals surface area contributed by atoms with E-state index in [1.165, 1.54) is 18.3 Å². The van der Waals surface area contributed by atoms with E-state index in [4.69, 9.17) is 4.98 Å². The van der Waals surface area contributed by atoms with Gasteiger partial charge in [0.1, 0.15) is 11.6 Å². The minimum Gasteiger partial charge on any atom is -0.348 e. The fourth-order valence-corrected chi connectivity index (χ4v) is 5.58. The minimum absolute atomic E-state index is 0.0176. The molecule has 2 aliphatic rings. The van der Waals surface area contributed by atoms with E-state index in [2.05, 4.69) is 15.2 Å². The van der Waals surface area contributed by atoms with Gasteiger partial charge < -0.3 is 10.2 Å². The van der Waals surface area contributed by atoms with Crippen molar-refractivity contribution in [3.05, 3.63) is 88.2 Å². The van der Waals surface area contributed by atoms with E-state index in [9.17, 15) is 26.7 Å². The lowest BCUT2D eigenvalue weighted by molar-refractivity contribution is -0.137. The summed E-state index contributed by atoms with van der Waals surface area (Å²) in [6, 6.07) is 8.39. The summed E-state index contributed by atoms with van der Waals surface area (Å²) in [7, 11) is 0. The molecule has 2 fully saturated rings. The van der Waals surface area contributed by atoms with Crippen LogP contribution in [-0.2, 0) is 18.1 Å². The average Bonchev–Trinajstić information content (AvgIpc) is 3.60. The number of hydrogen-bond donors (Lipinski definition) is 1. The Labute approximate surface area is 217 Å². The van der Waals surface area contributed by atoms with E-state index in [0.717, 1.165) is 56.5 Å². The number of alkyl halides is 3. The highest BCUT2D eigenvalue weighted by Gasteiger charge is 2.42. The quantitative estimate of drug-likeness (QED) is 0.388. The highest BCUT2D eigenvalue weighted by atomic mass is 19.4. The number of benzene rings is 2. The van der Waals surface area contributed by atoms with Gasteiger partial charge in [-0.1, -0.05) is 25.0 Å². The Morgan fingerprint density at radius 1 is 0.947 bits per heavy atom. The zero-order chi connectivity index (χ0) is 26.9. The van der Waals surface area contributed by atoms with Gasteiger partial charge in [-0.05, 0) is 67.1 Å². The molecule has 1 saturated carbocycles. The molecule has 2 aromatic carbocycles. The van der Waals surface area contributed by atoms with Crippen molar-refractivity contribution >= 4 is 11.9 Å².